The Balaban J connectivity index is 2.82. The fraction of sp³-hybridized carbons (Fsp3) is 0.417. The number of carbonyl (C=O) groups is 1. The van der Waals surface area contributed by atoms with E-state index in [1.54, 1.807) is 13.0 Å². The minimum Gasteiger partial charge on any atom is -0.324 e. The van der Waals surface area contributed by atoms with Gasteiger partial charge in [0.1, 0.15) is 0 Å². The molecule has 0 heterocycles. The van der Waals surface area contributed by atoms with Crippen molar-refractivity contribution in [2.45, 2.75) is 32.7 Å². The number of hydrogen-bond acceptors (Lipinski definition) is 2. The standard InChI is InChI=1S/C12H17ClN2O/c1-4-12(3,14)11(16)15-9-6-5-8(2)10(13)7-9/h5-7H,4,14H2,1-3H3,(H,15,16). The van der Waals surface area contributed by atoms with E-state index in [2.05, 4.69) is 5.32 Å². The molecule has 3 nitrogen and oxygen atoms in total. The average Bonchev–Trinajstić information content (AvgIpc) is 2.23. The number of amides is 1. The van der Waals surface area contributed by atoms with Gasteiger partial charge in [0.15, 0.2) is 0 Å². The number of benzene rings is 1. The monoisotopic (exact) mass is 240 g/mol. The van der Waals surface area contributed by atoms with Gasteiger partial charge in [-0.15, -0.1) is 0 Å². The molecule has 0 aromatic heterocycles. The van der Waals surface area contributed by atoms with Crippen LogP contribution in [0.1, 0.15) is 25.8 Å². The smallest absolute Gasteiger partial charge is 0.244 e. The summed E-state index contributed by atoms with van der Waals surface area (Å²) in [4.78, 5) is 11.8. The summed E-state index contributed by atoms with van der Waals surface area (Å²) >= 11 is 5.96. The molecule has 4 heteroatoms. The van der Waals surface area contributed by atoms with E-state index in [4.69, 9.17) is 17.3 Å². The lowest BCUT2D eigenvalue weighted by atomic mass is 9.99. The molecule has 0 saturated heterocycles. The van der Waals surface area contributed by atoms with Crippen molar-refractivity contribution in [1.29, 1.82) is 0 Å². The third-order valence-corrected chi connectivity index (χ3v) is 3.09. The molecule has 0 saturated carbocycles. The predicted molar refractivity (Wildman–Crippen MR) is 67.7 cm³/mol. The van der Waals surface area contributed by atoms with E-state index in [1.165, 1.54) is 0 Å². The SMILES string of the molecule is CCC(C)(N)C(=O)Nc1ccc(C)c(Cl)c1. The van der Waals surface area contributed by atoms with E-state index in [-0.39, 0.29) is 5.91 Å². The maximum atomic E-state index is 11.8. The molecule has 0 bridgehead atoms. The molecule has 16 heavy (non-hydrogen) atoms. The van der Waals surface area contributed by atoms with Crippen LogP contribution in [0.15, 0.2) is 18.2 Å². The minimum atomic E-state index is -0.850. The fourth-order valence-electron chi connectivity index (χ4n) is 1.11. The second-order valence-electron chi connectivity index (χ2n) is 4.19. The molecule has 0 spiro atoms. The van der Waals surface area contributed by atoms with Crippen LogP contribution in [0.3, 0.4) is 0 Å². The van der Waals surface area contributed by atoms with Crippen LogP contribution in [0, 0.1) is 6.92 Å². The highest BCUT2D eigenvalue weighted by atomic mass is 35.5. The summed E-state index contributed by atoms with van der Waals surface area (Å²) in [5.74, 6) is -0.199. The first kappa shape index (κ1) is 13.0. The third-order valence-electron chi connectivity index (χ3n) is 2.68. The molecule has 3 N–H and O–H groups in total. The van der Waals surface area contributed by atoms with E-state index < -0.39 is 5.54 Å². The van der Waals surface area contributed by atoms with Gasteiger partial charge in [0, 0.05) is 10.7 Å². The lowest BCUT2D eigenvalue weighted by Gasteiger charge is -2.21. The molecule has 1 atom stereocenters. The van der Waals surface area contributed by atoms with Gasteiger partial charge in [0.05, 0.1) is 5.54 Å². The zero-order valence-electron chi connectivity index (χ0n) is 9.80. The quantitative estimate of drug-likeness (QED) is 0.854. The molecule has 1 aromatic carbocycles. The highest BCUT2D eigenvalue weighted by molar-refractivity contribution is 6.31. The highest BCUT2D eigenvalue weighted by Crippen LogP contribution is 2.20. The second kappa shape index (κ2) is 4.85. The Kier molecular flexibility index (Phi) is 3.94. The third kappa shape index (κ3) is 2.97. The molecule has 1 unspecified atom stereocenters. The summed E-state index contributed by atoms with van der Waals surface area (Å²) in [6.07, 6.45) is 0.582. The maximum absolute atomic E-state index is 11.8. The number of hydrogen-bond donors (Lipinski definition) is 2. The van der Waals surface area contributed by atoms with Crippen molar-refractivity contribution < 1.29 is 4.79 Å². The zero-order chi connectivity index (χ0) is 12.3. The summed E-state index contributed by atoms with van der Waals surface area (Å²) in [6.45, 7) is 5.49. The van der Waals surface area contributed by atoms with E-state index in [9.17, 15) is 4.79 Å². The zero-order valence-corrected chi connectivity index (χ0v) is 10.6. The first-order chi connectivity index (χ1) is 7.36. The van der Waals surface area contributed by atoms with Crippen LogP contribution in [-0.4, -0.2) is 11.4 Å². The van der Waals surface area contributed by atoms with Crippen molar-refractivity contribution in [3.8, 4) is 0 Å². The van der Waals surface area contributed by atoms with E-state index in [0.717, 1.165) is 5.56 Å². The molecule has 0 fully saturated rings. The first-order valence-corrected chi connectivity index (χ1v) is 5.61. The van der Waals surface area contributed by atoms with Crippen LogP contribution in [0.4, 0.5) is 5.69 Å². The second-order valence-corrected chi connectivity index (χ2v) is 4.60. The van der Waals surface area contributed by atoms with E-state index in [0.29, 0.717) is 17.1 Å². The van der Waals surface area contributed by atoms with Gasteiger partial charge < -0.3 is 11.1 Å². The summed E-state index contributed by atoms with van der Waals surface area (Å²) in [5.41, 5.74) is 6.63. The molecule has 0 aliphatic heterocycles. The van der Waals surface area contributed by atoms with E-state index in [1.807, 2.05) is 26.0 Å². The molecular weight excluding hydrogens is 224 g/mol. The Labute approximate surface area is 101 Å². The molecule has 0 radical (unpaired) electrons. The summed E-state index contributed by atoms with van der Waals surface area (Å²) in [5, 5.41) is 3.39. The topological polar surface area (TPSA) is 55.1 Å². The highest BCUT2D eigenvalue weighted by Gasteiger charge is 2.25. The Bertz CT molecular complexity index is 402. The number of nitrogens with two attached hydrogens (primary N) is 1. The minimum absolute atomic E-state index is 0.199. The van der Waals surface area contributed by atoms with Gasteiger partial charge in [-0.05, 0) is 38.0 Å². The van der Waals surface area contributed by atoms with Gasteiger partial charge in [-0.1, -0.05) is 24.6 Å². The van der Waals surface area contributed by atoms with Gasteiger partial charge in [0.2, 0.25) is 5.91 Å². The number of carbonyl (C=O) groups excluding carboxylic acids is 1. The normalized spacial score (nSPS) is 14.3. The molecule has 0 aliphatic carbocycles. The molecular formula is C12H17ClN2O. The first-order valence-electron chi connectivity index (χ1n) is 5.23. The Hall–Kier alpha value is -1.06. The van der Waals surface area contributed by atoms with Crippen LogP contribution in [0.25, 0.3) is 0 Å². The largest absolute Gasteiger partial charge is 0.324 e. The summed E-state index contributed by atoms with van der Waals surface area (Å²) < 4.78 is 0. The van der Waals surface area contributed by atoms with Crippen molar-refractivity contribution in [3.05, 3.63) is 28.8 Å². The van der Waals surface area contributed by atoms with Gasteiger partial charge >= 0.3 is 0 Å². The Morgan fingerprint density at radius 3 is 2.69 bits per heavy atom. The Morgan fingerprint density at radius 2 is 2.19 bits per heavy atom. The molecule has 0 aliphatic rings. The number of nitrogens with one attached hydrogen (secondary N) is 1. The van der Waals surface area contributed by atoms with Crippen molar-refractivity contribution in [1.82, 2.24) is 0 Å². The average molecular weight is 241 g/mol. The van der Waals surface area contributed by atoms with Crippen LogP contribution in [-0.2, 0) is 4.79 Å². The lowest BCUT2D eigenvalue weighted by Crippen LogP contribution is -2.47. The lowest BCUT2D eigenvalue weighted by molar-refractivity contribution is -0.120. The van der Waals surface area contributed by atoms with Crippen LogP contribution in [0.2, 0.25) is 5.02 Å². The van der Waals surface area contributed by atoms with Gasteiger partial charge in [-0.25, -0.2) is 0 Å². The molecule has 1 amide bonds. The van der Waals surface area contributed by atoms with Crippen LogP contribution >= 0.6 is 11.6 Å². The van der Waals surface area contributed by atoms with E-state index >= 15 is 0 Å². The number of aryl methyl sites for hydroxylation is 1. The number of anilines is 1. The van der Waals surface area contributed by atoms with Crippen molar-refractivity contribution in [2.75, 3.05) is 5.32 Å². The van der Waals surface area contributed by atoms with Crippen molar-refractivity contribution >= 4 is 23.2 Å². The van der Waals surface area contributed by atoms with Crippen LogP contribution < -0.4 is 11.1 Å². The molecule has 88 valence electrons. The van der Waals surface area contributed by atoms with Gasteiger partial charge in [-0.2, -0.15) is 0 Å². The van der Waals surface area contributed by atoms with Crippen LogP contribution in [0.5, 0.6) is 0 Å². The maximum Gasteiger partial charge on any atom is 0.244 e. The predicted octanol–water partition coefficient (Wildman–Crippen LogP) is 2.71. The molecule has 1 aromatic rings. The van der Waals surface area contributed by atoms with Gasteiger partial charge in [0.25, 0.3) is 0 Å². The van der Waals surface area contributed by atoms with Gasteiger partial charge in [-0.3, -0.25) is 4.79 Å². The summed E-state index contributed by atoms with van der Waals surface area (Å²) in [7, 11) is 0. The molecule has 1 rings (SSSR count). The summed E-state index contributed by atoms with van der Waals surface area (Å²) in [6, 6.07) is 5.39. The Morgan fingerprint density at radius 1 is 1.56 bits per heavy atom. The fourth-order valence-corrected chi connectivity index (χ4v) is 1.29. The number of rotatable bonds is 3. The van der Waals surface area contributed by atoms with Crippen molar-refractivity contribution in [3.63, 3.8) is 0 Å². The van der Waals surface area contributed by atoms with Crippen molar-refractivity contribution in [2.24, 2.45) is 5.73 Å². The number of halogens is 1.